The van der Waals surface area contributed by atoms with E-state index >= 15 is 0 Å². The van der Waals surface area contributed by atoms with Crippen LogP contribution in [0.25, 0.3) is 0 Å². The number of benzene rings is 2. The highest BCUT2D eigenvalue weighted by atomic mass is 19.3. The number of ether oxygens (including phenoxy) is 2. The molecule has 2 aromatic rings. The van der Waals surface area contributed by atoms with Crippen molar-refractivity contribution in [2.45, 2.75) is 26.0 Å². The third-order valence-electron chi connectivity index (χ3n) is 3.52. The monoisotopic (exact) mass is 351 g/mol. The highest BCUT2D eigenvalue weighted by Crippen LogP contribution is 2.26. The lowest BCUT2D eigenvalue weighted by Crippen LogP contribution is -2.07. The van der Waals surface area contributed by atoms with E-state index in [1.165, 1.54) is 13.2 Å². The van der Waals surface area contributed by atoms with Gasteiger partial charge in [0.2, 0.25) is 0 Å². The number of carboxylic acid groups (broad SMARTS) is 1. The fraction of sp³-hybridized carbons (Fsp3) is 0.278. The van der Waals surface area contributed by atoms with Gasteiger partial charge in [0.25, 0.3) is 0 Å². The number of hydrogen-bond donors (Lipinski definition) is 2. The predicted molar refractivity (Wildman–Crippen MR) is 89.4 cm³/mol. The Balaban J connectivity index is 2.09. The van der Waals surface area contributed by atoms with Gasteiger partial charge in [-0.15, -0.1) is 0 Å². The molecule has 0 amide bonds. The van der Waals surface area contributed by atoms with Crippen LogP contribution in [0.2, 0.25) is 0 Å². The molecule has 5 nitrogen and oxygen atoms in total. The van der Waals surface area contributed by atoms with Crippen LogP contribution in [0.3, 0.4) is 0 Å². The second-order valence-corrected chi connectivity index (χ2v) is 5.30. The van der Waals surface area contributed by atoms with E-state index in [1.54, 1.807) is 12.1 Å². The van der Waals surface area contributed by atoms with Gasteiger partial charge >= 0.3 is 12.6 Å². The van der Waals surface area contributed by atoms with Gasteiger partial charge in [0.15, 0.2) is 0 Å². The number of hydrogen-bond acceptors (Lipinski definition) is 4. The molecular formula is C18H19F2NO4. The Morgan fingerprint density at radius 3 is 2.72 bits per heavy atom. The summed E-state index contributed by atoms with van der Waals surface area (Å²) in [6.07, 6.45) is 0.468. The summed E-state index contributed by atoms with van der Waals surface area (Å²) in [6.45, 7) is -2.66. The van der Waals surface area contributed by atoms with Gasteiger partial charge in [-0.25, -0.2) is 0 Å². The largest absolute Gasteiger partial charge is 0.497 e. The van der Waals surface area contributed by atoms with E-state index in [9.17, 15) is 13.6 Å². The molecule has 0 aliphatic carbocycles. The second kappa shape index (κ2) is 8.86. The molecule has 134 valence electrons. The van der Waals surface area contributed by atoms with E-state index < -0.39 is 12.6 Å². The molecule has 2 rings (SSSR count). The number of nitrogens with one attached hydrogen (secondary N) is 1. The molecule has 0 saturated heterocycles. The van der Waals surface area contributed by atoms with Crippen LogP contribution in [-0.4, -0.2) is 24.8 Å². The van der Waals surface area contributed by atoms with Crippen LogP contribution in [-0.2, 0) is 17.8 Å². The Bertz CT molecular complexity index is 722. The molecule has 25 heavy (non-hydrogen) atoms. The number of aliphatic carboxylic acids is 1. The van der Waals surface area contributed by atoms with Gasteiger partial charge in [-0.05, 0) is 42.3 Å². The van der Waals surface area contributed by atoms with Gasteiger partial charge in [0, 0.05) is 24.2 Å². The van der Waals surface area contributed by atoms with Crippen molar-refractivity contribution in [3.63, 3.8) is 0 Å². The first-order valence-electron chi connectivity index (χ1n) is 7.64. The maximum Gasteiger partial charge on any atom is 0.387 e. The van der Waals surface area contributed by atoms with Gasteiger partial charge < -0.3 is 19.9 Å². The van der Waals surface area contributed by atoms with Crippen LogP contribution < -0.4 is 14.8 Å². The van der Waals surface area contributed by atoms with Gasteiger partial charge in [0.05, 0.1) is 7.11 Å². The molecule has 0 atom stereocenters. The molecule has 0 spiro atoms. The number of halogens is 2. The van der Waals surface area contributed by atoms with Gasteiger partial charge in [-0.3, -0.25) is 4.79 Å². The summed E-state index contributed by atoms with van der Waals surface area (Å²) in [6, 6.07) is 11.9. The molecule has 0 bridgehead atoms. The number of rotatable bonds is 9. The topological polar surface area (TPSA) is 67.8 Å². The number of aryl methyl sites for hydroxylation is 1. The van der Waals surface area contributed by atoms with Gasteiger partial charge in [0.1, 0.15) is 11.5 Å². The Morgan fingerprint density at radius 1 is 1.24 bits per heavy atom. The van der Waals surface area contributed by atoms with E-state index in [0.717, 1.165) is 11.3 Å². The van der Waals surface area contributed by atoms with Crippen molar-refractivity contribution in [3.8, 4) is 11.5 Å². The Kier molecular flexibility index (Phi) is 6.56. The average molecular weight is 351 g/mol. The molecule has 2 aromatic carbocycles. The number of methoxy groups -OCH3 is 1. The molecule has 0 aliphatic heterocycles. The Labute approximate surface area is 144 Å². The van der Waals surface area contributed by atoms with E-state index in [4.69, 9.17) is 9.84 Å². The fourth-order valence-corrected chi connectivity index (χ4v) is 2.32. The molecule has 0 aromatic heterocycles. The summed E-state index contributed by atoms with van der Waals surface area (Å²) in [4.78, 5) is 10.7. The Hall–Kier alpha value is -2.83. The predicted octanol–water partition coefficient (Wildman–Crippen LogP) is 3.93. The highest BCUT2D eigenvalue weighted by molar-refractivity contribution is 5.67. The van der Waals surface area contributed by atoms with E-state index in [0.29, 0.717) is 17.7 Å². The van der Waals surface area contributed by atoms with Crippen molar-refractivity contribution in [3.05, 3.63) is 53.6 Å². The van der Waals surface area contributed by atoms with E-state index in [2.05, 4.69) is 10.1 Å². The number of carbonyl (C=O) groups is 1. The first-order chi connectivity index (χ1) is 12.0. The third-order valence-corrected chi connectivity index (χ3v) is 3.52. The summed E-state index contributed by atoms with van der Waals surface area (Å²) in [5, 5.41) is 11.9. The molecular weight excluding hydrogens is 332 g/mol. The zero-order valence-corrected chi connectivity index (χ0v) is 13.7. The van der Waals surface area contributed by atoms with Crippen molar-refractivity contribution in [1.82, 2.24) is 0 Å². The maximum atomic E-state index is 12.5. The third kappa shape index (κ3) is 5.95. The van der Waals surface area contributed by atoms with Crippen LogP contribution >= 0.6 is 0 Å². The van der Waals surface area contributed by atoms with E-state index in [1.807, 2.05) is 24.3 Å². The molecule has 0 unspecified atom stereocenters. The van der Waals surface area contributed by atoms with Crippen LogP contribution in [0.1, 0.15) is 17.5 Å². The first-order valence-corrected chi connectivity index (χ1v) is 7.64. The summed E-state index contributed by atoms with van der Waals surface area (Å²) in [7, 11) is 1.49. The normalized spacial score (nSPS) is 10.6. The van der Waals surface area contributed by atoms with Crippen LogP contribution in [0.5, 0.6) is 11.5 Å². The standard InChI is InChI=1S/C18H19F2NO4/c1-24-15-6-7-16(25-18(19)20)13(10-15)11-21-14-4-2-3-12(9-14)5-8-17(22)23/h2-4,6-7,9-10,18,21H,5,8,11H2,1H3,(H,22,23). The number of carboxylic acids is 1. The minimum absolute atomic E-state index is 0.0473. The summed E-state index contributed by atoms with van der Waals surface area (Å²) in [5.41, 5.74) is 2.16. The lowest BCUT2D eigenvalue weighted by atomic mass is 10.1. The lowest BCUT2D eigenvalue weighted by Gasteiger charge is -2.14. The van der Waals surface area contributed by atoms with Crippen molar-refractivity contribution < 1.29 is 28.2 Å². The highest BCUT2D eigenvalue weighted by Gasteiger charge is 2.11. The van der Waals surface area contributed by atoms with Crippen molar-refractivity contribution >= 4 is 11.7 Å². The van der Waals surface area contributed by atoms with Crippen LogP contribution in [0.4, 0.5) is 14.5 Å². The van der Waals surface area contributed by atoms with E-state index in [-0.39, 0.29) is 18.7 Å². The molecule has 2 N–H and O–H groups in total. The molecule has 0 heterocycles. The Morgan fingerprint density at radius 2 is 2.04 bits per heavy atom. The summed E-state index contributed by atoms with van der Waals surface area (Å²) >= 11 is 0. The maximum absolute atomic E-state index is 12.5. The smallest absolute Gasteiger partial charge is 0.387 e. The van der Waals surface area contributed by atoms with Gasteiger partial charge in [-0.2, -0.15) is 8.78 Å². The molecule has 0 radical (unpaired) electrons. The average Bonchev–Trinajstić information content (AvgIpc) is 2.59. The van der Waals surface area contributed by atoms with Crippen molar-refractivity contribution in [1.29, 1.82) is 0 Å². The summed E-state index contributed by atoms with van der Waals surface area (Å²) in [5.74, 6) is -0.248. The lowest BCUT2D eigenvalue weighted by molar-refractivity contribution is -0.136. The van der Waals surface area contributed by atoms with Crippen LogP contribution in [0, 0.1) is 0 Å². The molecule has 7 heteroatoms. The first kappa shape index (κ1) is 18.5. The summed E-state index contributed by atoms with van der Waals surface area (Å²) < 4.78 is 34.7. The number of anilines is 1. The zero-order chi connectivity index (χ0) is 18.2. The van der Waals surface area contributed by atoms with Crippen LogP contribution in [0.15, 0.2) is 42.5 Å². The minimum atomic E-state index is -2.91. The minimum Gasteiger partial charge on any atom is -0.497 e. The fourth-order valence-electron chi connectivity index (χ4n) is 2.32. The molecule has 0 saturated carbocycles. The SMILES string of the molecule is COc1ccc(OC(F)F)c(CNc2cccc(CCC(=O)O)c2)c1. The number of alkyl halides is 2. The quantitative estimate of drug-likeness (QED) is 0.717. The molecule has 0 aliphatic rings. The van der Waals surface area contributed by atoms with Crippen molar-refractivity contribution in [2.24, 2.45) is 0 Å². The zero-order valence-electron chi connectivity index (χ0n) is 13.7. The van der Waals surface area contributed by atoms with Crippen molar-refractivity contribution in [2.75, 3.05) is 12.4 Å². The second-order valence-electron chi connectivity index (χ2n) is 5.30. The van der Waals surface area contributed by atoms with Gasteiger partial charge in [-0.1, -0.05) is 12.1 Å². The molecule has 0 fully saturated rings.